The maximum Gasteiger partial charge on any atom is 0.0725 e. The highest BCUT2D eigenvalue weighted by molar-refractivity contribution is 5.39. The number of benzene rings is 2. The van der Waals surface area contributed by atoms with Crippen LogP contribution in [0, 0.1) is 0 Å². The molecular formula is C19H23NO. The van der Waals surface area contributed by atoms with E-state index in [1.54, 1.807) is 0 Å². The summed E-state index contributed by atoms with van der Waals surface area (Å²) in [4.78, 5) is 0. The van der Waals surface area contributed by atoms with Crippen molar-refractivity contribution in [2.24, 2.45) is 0 Å². The fourth-order valence-electron chi connectivity index (χ4n) is 2.97. The highest BCUT2D eigenvalue weighted by Gasteiger charge is 2.16. The van der Waals surface area contributed by atoms with Crippen LogP contribution in [0.15, 0.2) is 42.5 Å². The first-order valence-corrected chi connectivity index (χ1v) is 7.65. The molecular weight excluding hydrogens is 258 g/mol. The van der Waals surface area contributed by atoms with Gasteiger partial charge in [-0.15, -0.1) is 0 Å². The van der Waals surface area contributed by atoms with Crippen molar-refractivity contribution in [3.8, 4) is 0 Å². The lowest BCUT2D eigenvalue weighted by Gasteiger charge is -2.19. The molecule has 21 heavy (non-hydrogen) atoms. The zero-order valence-electron chi connectivity index (χ0n) is 13.0. The standard InChI is InChI=1S/C19H23NO/c1-13(2)14-4-6-15(7-5-14)19(20-3)16-8-9-17-11-21-12-18(17)10-16/h4-10,13,19-20H,11-12H2,1-3H3. The van der Waals surface area contributed by atoms with Gasteiger partial charge >= 0.3 is 0 Å². The van der Waals surface area contributed by atoms with Gasteiger partial charge in [0.05, 0.1) is 19.3 Å². The zero-order valence-corrected chi connectivity index (χ0v) is 13.0. The van der Waals surface area contributed by atoms with Gasteiger partial charge in [-0.1, -0.05) is 56.3 Å². The van der Waals surface area contributed by atoms with Crippen molar-refractivity contribution < 1.29 is 4.74 Å². The van der Waals surface area contributed by atoms with Gasteiger partial charge in [0.15, 0.2) is 0 Å². The molecule has 0 saturated heterocycles. The second-order valence-electron chi connectivity index (χ2n) is 6.06. The van der Waals surface area contributed by atoms with E-state index < -0.39 is 0 Å². The molecule has 0 amide bonds. The van der Waals surface area contributed by atoms with E-state index in [4.69, 9.17) is 4.74 Å². The van der Waals surface area contributed by atoms with Crippen LogP contribution in [0.2, 0.25) is 0 Å². The van der Waals surface area contributed by atoms with Crippen LogP contribution in [0.3, 0.4) is 0 Å². The van der Waals surface area contributed by atoms with Crippen molar-refractivity contribution in [1.82, 2.24) is 5.32 Å². The van der Waals surface area contributed by atoms with Crippen LogP contribution in [-0.2, 0) is 18.0 Å². The van der Waals surface area contributed by atoms with E-state index >= 15 is 0 Å². The van der Waals surface area contributed by atoms with Crippen LogP contribution in [0.5, 0.6) is 0 Å². The highest BCUT2D eigenvalue weighted by atomic mass is 16.5. The average Bonchev–Trinajstić information content (AvgIpc) is 2.96. The molecule has 1 aliphatic rings. The van der Waals surface area contributed by atoms with Crippen LogP contribution in [0.1, 0.15) is 53.6 Å². The number of hydrogen-bond donors (Lipinski definition) is 1. The molecule has 110 valence electrons. The topological polar surface area (TPSA) is 21.3 Å². The molecule has 0 bridgehead atoms. The molecule has 1 aliphatic heterocycles. The Morgan fingerprint density at radius 2 is 1.48 bits per heavy atom. The molecule has 0 fully saturated rings. The zero-order chi connectivity index (χ0) is 14.8. The average molecular weight is 281 g/mol. The summed E-state index contributed by atoms with van der Waals surface area (Å²) in [6.45, 7) is 5.95. The largest absolute Gasteiger partial charge is 0.372 e. The molecule has 2 nitrogen and oxygen atoms in total. The molecule has 2 heteroatoms. The first kappa shape index (κ1) is 14.3. The fraction of sp³-hybridized carbons (Fsp3) is 0.368. The summed E-state index contributed by atoms with van der Waals surface area (Å²) < 4.78 is 5.51. The second kappa shape index (κ2) is 6.00. The molecule has 2 aromatic rings. The first-order valence-electron chi connectivity index (χ1n) is 7.65. The second-order valence-corrected chi connectivity index (χ2v) is 6.06. The highest BCUT2D eigenvalue weighted by Crippen LogP contribution is 2.28. The summed E-state index contributed by atoms with van der Waals surface area (Å²) in [5, 5.41) is 3.43. The molecule has 1 N–H and O–H groups in total. The smallest absolute Gasteiger partial charge is 0.0725 e. The predicted molar refractivity (Wildman–Crippen MR) is 86.4 cm³/mol. The van der Waals surface area contributed by atoms with Gasteiger partial charge in [-0.2, -0.15) is 0 Å². The quantitative estimate of drug-likeness (QED) is 0.909. The molecule has 2 aromatic carbocycles. The Balaban J connectivity index is 1.90. The van der Waals surface area contributed by atoms with Crippen molar-refractivity contribution in [3.63, 3.8) is 0 Å². The number of nitrogens with one attached hydrogen (secondary N) is 1. The van der Waals surface area contributed by atoms with Gasteiger partial charge in [-0.05, 0) is 40.8 Å². The lowest BCUT2D eigenvalue weighted by molar-refractivity contribution is 0.134. The third-order valence-electron chi connectivity index (χ3n) is 4.30. The van der Waals surface area contributed by atoms with Crippen molar-refractivity contribution in [2.45, 2.75) is 39.0 Å². The van der Waals surface area contributed by atoms with E-state index in [0.717, 1.165) is 13.2 Å². The van der Waals surface area contributed by atoms with Gasteiger partial charge in [-0.25, -0.2) is 0 Å². The third kappa shape index (κ3) is 2.87. The summed E-state index contributed by atoms with van der Waals surface area (Å²) in [5.74, 6) is 0.573. The van der Waals surface area contributed by atoms with Crippen LogP contribution >= 0.6 is 0 Å². The van der Waals surface area contributed by atoms with E-state index in [2.05, 4.69) is 61.6 Å². The lowest BCUT2D eigenvalue weighted by atomic mass is 9.93. The van der Waals surface area contributed by atoms with E-state index in [0.29, 0.717) is 5.92 Å². The van der Waals surface area contributed by atoms with Gasteiger partial charge in [0.1, 0.15) is 0 Å². The van der Waals surface area contributed by atoms with Gasteiger partial charge < -0.3 is 10.1 Å². The van der Waals surface area contributed by atoms with Gasteiger partial charge in [0.25, 0.3) is 0 Å². The Bertz CT molecular complexity index is 616. The molecule has 1 heterocycles. The van der Waals surface area contributed by atoms with E-state index in [1.165, 1.54) is 27.8 Å². The van der Waals surface area contributed by atoms with Crippen molar-refractivity contribution >= 4 is 0 Å². The van der Waals surface area contributed by atoms with E-state index in [9.17, 15) is 0 Å². The summed E-state index contributed by atoms with van der Waals surface area (Å²) in [7, 11) is 2.02. The number of hydrogen-bond acceptors (Lipinski definition) is 2. The Labute approximate surface area is 127 Å². The minimum atomic E-state index is 0.233. The van der Waals surface area contributed by atoms with Gasteiger partial charge in [0.2, 0.25) is 0 Å². The van der Waals surface area contributed by atoms with Gasteiger partial charge in [0, 0.05) is 0 Å². The maximum atomic E-state index is 5.51. The van der Waals surface area contributed by atoms with E-state index in [-0.39, 0.29) is 6.04 Å². The summed E-state index contributed by atoms with van der Waals surface area (Å²) in [5.41, 5.74) is 6.64. The Hall–Kier alpha value is -1.64. The molecule has 0 radical (unpaired) electrons. The molecule has 0 spiro atoms. The monoisotopic (exact) mass is 281 g/mol. The number of ether oxygens (including phenoxy) is 1. The maximum absolute atomic E-state index is 5.51. The predicted octanol–water partition coefficient (Wildman–Crippen LogP) is 4.15. The van der Waals surface area contributed by atoms with E-state index in [1.807, 2.05) is 7.05 Å². The SMILES string of the molecule is CNC(c1ccc(C(C)C)cc1)c1ccc2c(c1)COC2. The van der Waals surface area contributed by atoms with Crippen LogP contribution in [-0.4, -0.2) is 7.05 Å². The minimum absolute atomic E-state index is 0.233. The molecule has 0 aliphatic carbocycles. The fourth-order valence-corrected chi connectivity index (χ4v) is 2.97. The molecule has 1 unspecified atom stereocenters. The Morgan fingerprint density at radius 1 is 0.857 bits per heavy atom. The Morgan fingerprint density at radius 3 is 2.14 bits per heavy atom. The van der Waals surface area contributed by atoms with Gasteiger partial charge in [-0.3, -0.25) is 0 Å². The molecule has 0 saturated carbocycles. The van der Waals surface area contributed by atoms with Crippen molar-refractivity contribution in [1.29, 1.82) is 0 Å². The van der Waals surface area contributed by atoms with Crippen LogP contribution in [0.25, 0.3) is 0 Å². The summed E-state index contributed by atoms with van der Waals surface area (Å²) in [6.07, 6.45) is 0. The minimum Gasteiger partial charge on any atom is -0.372 e. The molecule has 0 aromatic heterocycles. The van der Waals surface area contributed by atoms with Crippen LogP contribution in [0.4, 0.5) is 0 Å². The lowest BCUT2D eigenvalue weighted by Crippen LogP contribution is -2.18. The molecule has 3 rings (SSSR count). The third-order valence-corrected chi connectivity index (χ3v) is 4.30. The summed E-state index contributed by atoms with van der Waals surface area (Å²) >= 11 is 0. The normalized spacial score (nSPS) is 15.2. The van der Waals surface area contributed by atoms with Crippen LogP contribution < -0.4 is 5.32 Å². The Kier molecular flexibility index (Phi) is 4.09. The van der Waals surface area contributed by atoms with Crippen molar-refractivity contribution in [3.05, 3.63) is 70.3 Å². The number of rotatable bonds is 4. The summed E-state index contributed by atoms with van der Waals surface area (Å²) in [6, 6.07) is 15.9. The van der Waals surface area contributed by atoms with Crippen molar-refractivity contribution in [2.75, 3.05) is 7.05 Å². The first-order chi connectivity index (χ1) is 10.2. The number of fused-ring (bicyclic) bond motifs is 1. The molecule has 1 atom stereocenters.